The first-order chi connectivity index (χ1) is 8.97. The molecular weight excluding hydrogens is 262 g/mol. The van der Waals surface area contributed by atoms with Crippen LogP contribution in [0.15, 0.2) is 30.5 Å². The molecule has 1 heterocycles. The van der Waals surface area contributed by atoms with Gasteiger partial charge in [-0.25, -0.2) is 4.98 Å². The lowest BCUT2D eigenvalue weighted by molar-refractivity contribution is 0.102. The molecule has 0 aliphatic carbocycles. The summed E-state index contributed by atoms with van der Waals surface area (Å²) >= 11 is 5.84. The molecule has 2 aromatic rings. The highest BCUT2D eigenvalue weighted by Gasteiger charge is 2.10. The van der Waals surface area contributed by atoms with Crippen LogP contribution in [0.1, 0.15) is 21.5 Å². The molecule has 0 aliphatic heterocycles. The molecule has 5 heteroatoms. The minimum Gasteiger partial charge on any atom is -0.399 e. The first kappa shape index (κ1) is 13.4. The second kappa shape index (κ2) is 5.28. The summed E-state index contributed by atoms with van der Waals surface area (Å²) in [5, 5.41) is 3.21. The van der Waals surface area contributed by atoms with Crippen molar-refractivity contribution in [3.63, 3.8) is 0 Å². The third kappa shape index (κ3) is 3.03. The lowest BCUT2D eigenvalue weighted by Crippen LogP contribution is -2.14. The molecule has 1 aromatic heterocycles. The molecule has 1 aromatic carbocycles. The third-order valence-electron chi connectivity index (χ3n) is 2.78. The zero-order chi connectivity index (χ0) is 14.0. The number of carbonyl (C=O) groups excluding carboxylic acids is 1. The number of nitrogens with two attached hydrogens (primary N) is 1. The fourth-order valence-electron chi connectivity index (χ4n) is 1.71. The van der Waals surface area contributed by atoms with E-state index in [0.29, 0.717) is 22.1 Å². The minimum atomic E-state index is -0.215. The quantitative estimate of drug-likeness (QED) is 0.653. The maximum atomic E-state index is 12.2. The Morgan fingerprint density at radius 1 is 1.26 bits per heavy atom. The van der Waals surface area contributed by atoms with E-state index in [1.54, 1.807) is 18.2 Å². The fourth-order valence-corrected chi connectivity index (χ4v) is 1.81. The molecule has 0 atom stereocenters. The number of halogens is 1. The molecule has 0 bridgehead atoms. The first-order valence-corrected chi connectivity index (χ1v) is 6.15. The van der Waals surface area contributed by atoms with Gasteiger partial charge in [0, 0.05) is 11.3 Å². The Balaban J connectivity index is 2.25. The van der Waals surface area contributed by atoms with Gasteiger partial charge in [-0.05, 0) is 43.2 Å². The van der Waals surface area contributed by atoms with E-state index in [9.17, 15) is 4.79 Å². The van der Waals surface area contributed by atoms with Crippen molar-refractivity contribution in [2.24, 2.45) is 0 Å². The van der Waals surface area contributed by atoms with E-state index < -0.39 is 0 Å². The van der Waals surface area contributed by atoms with Crippen LogP contribution in [0.5, 0.6) is 0 Å². The van der Waals surface area contributed by atoms with Crippen LogP contribution in [0.2, 0.25) is 5.15 Å². The number of aryl methyl sites for hydroxylation is 2. The van der Waals surface area contributed by atoms with Gasteiger partial charge in [0.15, 0.2) is 0 Å². The highest BCUT2D eigenvalue weighted by Crippen LogP contribution is 2.18. The second-order valence-corrected chi connectivity index (χ2v) is 4.72. The van der Waals surface area contributed by atoms with Crippen molar-refractivity contribution >= 4 is 28.9 Å². The van der Waals surface area contributed by atoms with Gasteiger partial charge in [0.05, 0.1) is 11.9 Å². The molecule has 2 rings (SSSR count). The Kier molecular flexibility index (Phi) is 3.71. The molecule has 19 heavy (non-hydrogen) atoms. The number of nitrogen functional groups attached to an aromatic ring is 1. The molecule has 0 unspecified atom stereocenters. The van der Waals surface area contributed by atoms with Crippen LogP contribution in [-0.4, -0.2) is 10.9 Å². The van der Waals surface area contributed by atoms with E-state index in [-0.39, 0.29) is 5.91 Å². The van der Waals surface area contributed by atoms with Gasteiger partial charge in [-0.2, -0.15) is 0 Å². The van der Waals surface area contributed by atoms with Gasteiger partial charge in [0.25, 0.3) is 5.91 Å². The smallest absolute Gasteiger partial charge is 0.256 e. The summed E-state index contributed by atoms with van der Waals surface area (Å²) in [7, 11) is 0. The molecule has 3 N–H and O–H groups in total. The highest BCUT2D eigenvalue weighted by molar-refractivity contribution is 6.30. The number of pyridine rings is 1. The van der Waals surface area contributed by atoms with Gasteiger partial charge < -0.3 is 11.1 Å². The van der Waals surface area contributed by atoms with Crippen molar-refractivity contribution in [1.82, 2.24) is 4.98 Å². The van der Waals surface area contributed by atoms with Crippen molar-refractivity contribution in [2.45, 2.75) is 13.8 Å². The molecule has 4 nitrogen and oxygen atoms in total. The zero-order valence-corrected chi connectivity index (χ0v) is 11.5. The average Bonchev–Trinajstić information content (AvgIpc) is 2.36. The average molecular weight is 276 g/mol. The number of hydrogen-bond acceptors (Lipinski definition) is 3. The number of rotatable bonds is 2. The molecule has 1 amide bonds. The summed E-state index contributed by atoms with van der Waals surface area (Å²) in [5.41, 5.74) is 9.08. The molecule has 98 valence electrons. The van der Waals surface area contributed by atoms with Gasteiger partial charge >= 0.3 is 0 Å². The lowest BCUT2D eigenvalue weighted by Gasteiger charge is -2.09. The van der Waals surface area contributed by atoms with Gasteiger partial charge in [-0.1, -0.05) is 17.7 Å². The van der Waals surface area contributed by atoms with E-state index in [2.05, 4.69) is 10.3 Å². The van der Waals surface area contributed by atoms with Gasteiger partial charge in [-0.3, -0.25) is 4.79 Å². The molecule has 0 fully saturated rings. The Morgan fingerprint density at radius 3 is 2.68 bits per heavy atom. The fraction of sp³-hybridized carbons (Fsp3) is 0.143. The SMILES string of the molecule is Cc1ccc(N)cc1C(=O)Nc1cnc(Cl)c(C)c1. The normalized spacial score (nSPS) is 10.3. The first-order valence-electron chi connectivity index (χ1n) is 5.77. The van der Waals surface area contributed by atoms with Crippen LogP contribution in [0.4, 0.5) is 11.4 Å². The number of anilines is 2. The van der Waals surface area contributed by atoms with E-state index in [1.165, 1.54) is 6.20 Å². The highest BCUT2D eigenvalue weighted by atomic mass is 35.5. The number of nitrogens with zero attached hydrogens (tertiary/aromatic N) is 1. The van der Waals surface area contributed by atoms with Crippen molar-refractivity contribution in [3.8, 4) is 0 Å². The summed E-state index contributed by atoms with van der Waals surface area (Å²) < 4.78 is 0. The molecule has 0 saturated heterocycles. The minimum absolute atomic E-state index is 0.215. The summed E-state index contributed by atoms with van der Waals surface area (Å²) in [6, 6.07) is 7.01. The molecular formula is C14H14ClN3O. The number of nitrogens with one attached hydrogen (secondary N) is 1. The van der Waals surface area contributed by atoms with E-state index in [4.69, 9.17) is 17.3 Å². The lowest BCUT2D eigenvalue weighted by atomic mass is 10.1. The van der Waals surface area contributed by atoms with Gasteiger partial charge in [0.2, 0.25) is 0 Å². The molecule has 0 radical (unpaired) electrons. The second-order valence-electron chi connectivity index (χ2n) is 4.36. The largest absolute Gasteiger partial charge is 0.399 e. The zero-order valence-electron chi connectivity index (χ0n) is 10.7. The predicted molar refractivity (Wildman–Crippen MR) is 77.5 cm³/mol. The van der Waals surface area contributed by atoms with Crippen LogP contribution < -0.4 is 11.1 Å². The summed E-state index contributed by atoms with van der Waals surface area (Å²) in [5.74, 6) is -0.215. The number of hydrogen-bond donors (Lipinski definition) is 2. The standard InChI is InChI=1S/C14H14ClN3O/c1-8-3-4-10(16)6-12(8)14(19)18-11-5-9(2)13(15)17-7-11/h3-7H,16H2,1-2H3,(H,18,19). The van der Waals surface area contributed by atoms with Crippen LogP contribution in [0.3, 0.4) is 0 Å². The predicted octanol–water partition coefficient (Wildman–Crippen LogP) is 3.19. The number of amides is 1. The molecule has 0 aliphatic rings. The van der Waals surface area contributed by atoms with Crippen LogP contribution in [-0.2, 0) is 0 Å². The summed E-state index contributed by atoms with van der Waals surface area (Å²) in [4.78, 5) is 16.1. The van der Waals surface area contributed by atoms with E-state index >= 15 is 0 Å². The Morgan fingerprint density at radius 2 is 2.00 bits per heavy atom. The Labute approximate surface area is 116 Å². The van der Waals surface area contributed by atoms with E-state index in [0.717, 1.165) is 11.1 Å². The Hall–Kier alpha value is -2.07. The van der Waals surface area contributed by atoms with E-state index in [1.807, 2.05) is 19.9 Å². The summed E-state index contributed by atoms with van der Waals surface area (Å²) in [6.45, 7) is 3.69. The van der Waals surface area contributed by atoms with Crippen molar-refractivity contribution in [3.05, 3.63) is 52.3 Å². The van der Waals surface area contributed by atoms with Crippen LogP contribution in [0.25, 0.3) is 0 Å². The van der Waals surface area contributed by atoms with Crippen molar-refractivity contribution < 1.29 is 4.79 Å². The topological polar surface area (TPSA) is 68.0 Å². The third-order valence-corrected chi connectivity index (χ3v) is 3.17. The number of carbonyl (C=O) groups is 1. The maximum Gasteiger partial charge on any atom is 0.256 e. The van der Waals surface area contributed by atoms with Crippen molar-refractivity contribution in [2.75, 3.05) is 11.1 Å². The monoisotopic (exact) mass is 275 g/mol. The maximum absolute atomic E-state index is 12.2. The van der Waals surface area contributed by atoms with Crippen LogP contribution in [0, 0.1) is 13.8 Å². The Bertz CT molecular complexity index is 641. The van der Waals surface area contributed by atoms with Gasteiger partial charge in [-0.15, -0.1) is 0 Å². The van der Waals surface area contributed by atoms with Crippen molar-refractivity contribution in [1.29, 1.82) is 0 Å². The molecule has 0 saturated carbocycles. The number of benzene rings is 1. The van der Waals surface area contributed by atoms with Crippen LogP contribution >= 0.6 is 11.6 Å². The number of aromatic nitrogens is 1. The van der Waals surface area contributed by atoms with Gasteiger partial charge in [0.1, 0.15) is 5.15 Å². The summed E-state index contributed by atoms with van der Waals surface area (Å²) in [6.07, 6.45) is 1.52. The molecule has 0 spiro atoms.